The van der Waals surface area contributed by atoms with Gasteiger partial charge in [-0.25, -0.2) is 8.78 Å². The fraction of sp³-hybridized carbons (Fsp3) is 0.160. The number of amides is 2. The molecule has 1 N–H and O–H groups in total. The SMILES string of the molecule is CCN(CC(=O)Nc1c(F)cccc1F)C(=O)Cn1c2ccccc2c(=O)c2ccccc21. The van der Waals surface area contributed by atoms with Gasteiger partial charge in [-0.3, -0.25) is 14.4 Å². The number of pyridine rings is 1. The average Bonchev–Trinajstić information content (AvgIpc) is 2.82. The lowest BCUT2D eigenvalue weighted by molar-refractivity contribution is -0.134. The van der Waals surface area contributed by atoms with Crippen molar-refractivity contribution in [2.45, 2.75) is 13.5 Å². The molecule has 8 heteroatoms. The van der Waals surface area contributed by atoms with E-state index >= 15 is 0 Å². The van der Waals surface area contributed by atoms with Crippen LogP contribution in [0.2, 0.25) is 0 Å². The Hall–Kier alpha value is -4.07. The van der Waals surface area contributed by atoms with Crippen molar-refractivity contribution < 1.29 is 18.4 Å². The van der Waals surface area contributed by atoms with Gasteiger partial charge in [-0.15, -0.1) is 0 Å². The third-order valence-electron chi connectivity index (χ3n) is 5.47. The zero-order valence-electron chi connectivity index (χ0n) is 17.8. The number of hydrogen-bond donors (Lipinski definition) is 1. The predicted octanol–water partition coefficient (Wildman–Crippen LogP) is 3.92. The molecule has 4 rings (SSSR count). The Bertz CT molecular complexity index is 1350. The first-order valence-electron chi connectivity index (χ1n) is 10.4. The second kappa shape index (κ2) is 9.20. The minimum atomic E-state index is -0.899. The number of likely N-dealkylation sites (N-methyl/N-ethyl adjacent to an activating group) is 1. The molecule has 0 radical (unpaired) electrons. The van der Waals surface area contributed by atoms with E-state index in [1.54, 1.807) is 60.0 Å². The molecular formula is C25H21F2N3O3. The lowest BCUT2D eigenvalue weighted by Gasteiger charge is -2.23. The molecule has 1 aromatic heterocycles. The van der Waals surface area contributed by atoms with Gasteiger partial charge in [-0.05, 0) is 43.3 Å². The molecule has 1 heterocycles. The first-order chi connectivity index (χ1) is 15.9. The van der Waals surface area contributed by atoms with Gasteiger partial charge in [-0.1, -0.05) is 30.3 Å². The molecular weight excluding hydrogens is 428 g/mol. The third kappa shape index (κ3) is 4.32. The lowest BCUT2D eigenvalue weighted by Crippen LogP contribution is -2.40. The van der Waals surface area contributed by atoms with Crippen molar-refractivity contribution in [3.63, 3.8) is 0 Å². The molecule has 3 aromatic carbocycles. The van der Waals surface area contributed by atoms with Gasteiger partial charge < -0.3 is 14.8 Å². The van der Waals surface area contributed by atoms with Crippen molar-refractivity contribution in [2.24, 2.45) is 0 Å². The topological polar surface area (TPSA) is 71.4 Å². The van der Waals surface area contributed by atoms with E-state index in [2.05, 4.69) is 5.32 Å². The maximum Gasteiger partial charge on any atom is 0.244 e. The average molecular weight is 449 g/mol. The number of hydrogen-bond acceptors (Lipinski definition) is 3. The van der Waals surface area contributed by atoms with Gasteiger partial charge in [0.1, 0.15) is 23.9 Å². The number of halogens is 2. The van der Waals surface area contributed by atoms with Gasteiger partial charge in [-0.2, -0.15) is 0 Å². The number of anilines is 1. The molecule has 0 aliphatic carbocycles. The van der Waals surface area contributed by atoms with E-state index in [-0.39, 0.29) is 31.0 Å². The first kappa shape index (κ1) is 22.1. The number of rotatable bonds is 6. The van der Waals surface area contributed by atoms with E-state index in [0.29, 0.717) is 21.8 Å². The highest BCUT2D eigenvalue weighted by atomic mass is 19.1. The number of aromatic nitrogens is 1. The van der Waals surface area contributed by atoms with E-state index in [1.807, 2.05) is 0 Å². The highest BCUT2D eigenvalue weighted by molar-refractivity contribution is 5.97. The quantitative estimate of drug-likeness (QED) is 0.454. The maximum atomic E-state index is 13.8. The van der Waals surface area contributed by atoms with Crippen LogP contribution in [0.3, 0.4) is 0 Å². The zero-order valence-corrected chi connectivity index (χ0v) is 17.8. The van der Waals surface area contributed by atoms with Gasteiger partial charge in [0.2, 0.25) is 11.8 Å². The summed E-state index contributed by atoms with van der Waals surface area (Å²) in [7, 11) is 0. The molecule has 168 valence electrons. The van der Waals surface area contributed by atoms with Crippen molar-refractivity contribution in [1.82, 2.24) is 9.47 Å². The highest BCUT2D eigenvalue weighted by Gasteiger charge is 2.20. The lowest BCUT2D eigenvalue weighted by atomic mass is 10.1. The molecule has 0 saturated carbocycles. The van der Waals surface area contributed by atoms with Crippen LogP contribution < -0.4 is 10.7 Å². The Labute approximate surface area is 188 Å². The van der Waals surface area contributed by atoms with Gasteiger partial charge in [0, 0.05) is 17.3 Å². The number of para-hydroxylation sites is 3. The summed E-state index contributed by atoms with van der Waals surface area (Å²) < 4.78 is 29.4. The molecule has 0 saturated heterocycles. The number of carbonyl (C=O) groups is 2. The van der Waals surface area contributed by atoms with Crippen molar-refractivity contribution in [1.29, 1.82) is 0 Å². The molecule has 6 nitrogen and oxygen atoms in total. The van der Waals surface area contributed by atoms with Crippen LogP contribution in [0.15, 0.2) is 71.5 Å². The van der Waals surface area contributed by atoms with Crippen LogP contribution in [0.25, 0.3) is 21.8 Å². The minimum absolute atomic E-state index is 0.115. The van der Waals surface area contributed by atoms with Crippen molar-refractivity contribution in [2.75, 3.05) is 18.4 Å². The van der Waals surface area contributed by atoms with E-state index in [4.69, 9.17) is 0 Å². The standard InChI is InChI=1S/C25H21F2N3O3/c1-2-29(14-22(31)28-24-18(26)10-7-11-19(24)27)23(32)15-30-20-12-5-3-8-16(20)25(33)17-9-4-6-13-21(17)30/h3-13H,2,14-15H2,1H3,(H,28,31). The maximum absolute atomic E-state index is 13.8. The van der Waals surface area contributed by atoms with Crippen LogP contribution >= 0.6 is 0 Å². The summed E-state index contributed by atoms with van der Waals surface area (Å²) in [5.41, 5.74) is 0.527. The van der Waals surface area contributed by atoms with Crippen LogP contribution in [-0.2, 0) is 16.1 Å². The summed E-state index contributed by atoms with van der Waals surface area (Å²) in [5, 5.41) is 3.17. The number of nitrogens with one attached hydrogen (secondary N) is 1. The molecule has 0 spiro atoms. The Morgan fingerprint density at radius 1 is 0.879 bits per heavy atom. The fourth-order valence-electron chi connectivity index (χ4n) is 3.83. The number of carbonyl (C=O) groups excluding carboxylic acids is 2. The molecule has 0 aliphatic rings. The van der Waals surface area contributed by atoms with Gasteiger partial charge in [0.05, 0.1) is 17.6 Å². The Balaban J connectivity index is 1.62. The van der Waals surface area contributed by atoms with Crippen LogP contribution in [-0.4, -0.2) is 34.4 Å². The molecule has 33 heavy (non-hydrogen) atoms. The van der Waals surface area contributed by atoms with E-state index in [9.17, 15) is 23.2 Å². The van der Waals surface area contributed by atoms with Gasteiger partial charge >= 0.3 is 0 Å². The number of benzene rings is 3. The Kier molecular flexibility index (Phi) is 6.17. The summed E-state index contributed by atoms with van der Waals surface area (Å²) >= 11 is 0. The summed E-state index contributed by atoms with van der Waals surface area (Å²) in [5.74, 6) is -2.89. The van der Waals surface area contributed by atoms with Crippen molar-refractivity contribution in [3.8, 4) is 0 Å². The summed E-state index contributed by atoms with van der Waals surface area (Å²) in [6, 6.07) is 17.3. The zero-order chi connectivity index (χ0) is 23.5. The fourth-order valence-corrected chi connectivity index (χ4v) is 3.83. The van der Waals surface area contributed by atoms with Crippen LogP contribution in [0.1, 0.15) is 6.92 Å². The molecule has 0 aliphatic heterocycles. The Morgan fingerprint density at radius 2 is 1.42 bits per heavy atom. The van der Waals surface area contributed by atoms with E-state index in [0.717, 1.165) is 12.1 Å². The minimum Gasteiger partial charge on any atom is -0.332 e. The second-order valence-corrected chi connectivity index (χ2v) is 7.50. The summed E-state index contributed by atoms with van der Waals surface area (Å²) in [6.45, 7) is 1.42. The van der Waals surface area contributed by atoms with Crippen LogP contribution in [0, 0.1) is 11.6 Å². The molecule has 4 aromatic rings. The van der Waals surface area contributed by atoms with Crippen molar-refractivity contribution in [3.05, 3.63) is 88.6 Å². The van der Waals surface area contributed by atoms with E-state index in [1.165, 1.54) is 11.0 Å². The summed E-state index contributed by atoms with van der Waals surface area (Å²) in [6.07, 6.45) is 0. The monoisotopic (exact) mass is 449 g/mol. The summed E-state index contributed by atoms with van der Waals surface area (Å²) in [4.78, 5) is 39.7. The third-order valence-corrected chi connectivity index (χ3v) is 5.47. The number of nitrogens with zero attached hydrogens (tertiary/aromatic N) is 2. The van der Waals surface area contributed by atoms with Gasteiger partial charge in [0.15, 0.2) is 5.43 Å². The molecule has 0 bridgehead atoms. The number of fused-ring (bicyclic) bond motifs is 2. The van der Waals surface area contributed by atoms with E-state index < -0.39 is 23.2 Å². The first-order valence-corrected chi connectivity index (χ1v) is 10.4. The predicted molar refractivity (Wildman–Crippen MR) is 123 cm³/mol. The van der Waals surface area contributed by atoms with Crippen molar-refractivity contribution >= 4 is 39.3 Å². The van der Waals surface area contributed by atoms with Crippen LogP contribution in [0.5, 0.6) is 0 Å². The highest BCUT2D eigenvalue weighted by Crippen LogP contribution is 2.20. The molecule has 0 atom stereocenters. The largest absolute Gasteiger partial charge is 0.332 e. The van der Waals surface area contributed by atoms with Crippen LogP contribution in [0.4, 0.5) is 14.5 Å². The Morgan fingerprint density at radius 3 is 1.97 bits per heavy atom. The molecule has 2 amide bonds. The molecule has 0 unspecified atom stereocenters. The second-order valence-electron chi connectivity index (χ2n) is 7.50. The normalized spacial score (nSPS) is 11.0. The van der Waals surface area contributed by atoms with Gasteiger partial charge in [0.25, 0.3) is 0 Å². The molecule has 0 fully saturated rings. The smallest absolute Gasteiger partial charge is 0.244 e.